The Labute approximate surface area is 84.7 Å². The topological polar surface area (TPSA) is 47.6 Å². The highest BCUT2D eigenvalue weighted by atomic mass is 32.2. The molecule has 0 aromatic heterocycles. The molecule has 1 rings (SSSR count). The Morgan fingerprint density at radius 2 is 2.36 bits per heavy atom. The third-order valence-electron chi connectivity index (χ3n) is 1.91. The lowest BCUT2D eigenvalue weighted by Gasteiger charge is -2.11. The van der Waals surface area contributed by atoms with E-state index in [-0.39, 0.29) is 5.75 Å². The number of nitrogens with one attached hydrogen (secondary N) is 1. The van der Waals surface area contributed by atoms with Crippen molar-refractivity contribution in [1.29, 1.82) is 0 Å². The lowest BCUT2D eigenvalue weighted by atomic mass is 10.4. The van der Waals surface area contributed by atoms with Crippen molar-refractivity contribution in [1.82, 2.24) is 0 Å². The van der Waals surface area contributed by atoms with Crippen LogP contribution >= 0.6 is 0 Å². The SMILES string of the molecule is C=C[N+]1=C[NH+](CCCS(=C)(=O)[O-])C=C1. The molecular formula is C9H15N2O2S+. The number of hydrogen-bond donors (Lipinski definition) is 1. The summed E-state index contributed by atoms with van der Waals surface area (Å²) in [6.45, 7) is 4.38. The molecule has 5 heteroatoms. The van der Waals surface area contributed by atoms with Crippen molar-refractivity contribution in [2.45, 2.75) is 6.42 Å². The van der Waals surface area contributed by atoms with E-state index in [4.69, 9.17) is 0 Å². The summed E-state index contributed by atoms with van der Waals surface area (Å²) in [6.07, 6.45) is 8.09. The molecule has 0 saturated heterocycles. The molecule has 0 saturated carbocycles. The summed E-state index contributed by atoms with van der Waals surface area (Å²) in [7, 11) is -3.07. The van der Waals surface area contributed by atoms with Crippen LogP contribution in [0.2, 0.25) is 0 Å². The summed E-state index contributed by atoms with van der Waals surface area (Å²) in [4.78, 5) is 1.12. The maximum atomic E-state index is 10.8. The van der Waals surface area contributed by atoms with Crippen LogP contribution in [0, 0.1) is 0 Å². The fourth-order valence-corrected chi connectivity index (χ4v) is 1.80. The van der Waals surface area contributed by atoms with Crippen LogP contribution in [0.15, 0.2) is 25.2 Å². The molecule has 0 radical (unpaired) electrons. The molecule has 1 heterocycles. The molecule has 0 spiro atoms. The summed E-state index contributed by atoms with van der Waals surface area (Å²) in [5.41, 5.74) is 0. The monoisotopic (exact) mass is 215 g/mol. The molecule has 1 aliphatic heterocycles. The Balaban J connectivity index is 2.32. The second-order valence-electron chi connectivity index (χ2n) is 3.20. The molecular weight excluding hydrogens is 200 g/mol. The molecule has 2 unspecified atom stereocenters. The van der Waals surface area contributed by atoms with E-state index in [2.05, 4.69) is 12.4 Å². The van der Waals surface area contributed by atoms with E-state index in [1.165, 1.54) is 0 Å². The van der Waals surface area contributed by atoms with Gasteiger partial charge < -0.3 is 4.55 Å². The molecule has 1 aliphatic rings. The molecule has 0 amide bonds. The largest absolute Gasteiger partial charge is 0.778 e. The summed E-state index contributed by atoms with van der Waals surface area (Å²) in [6, 6.07) is 0. The van der Waals surface area contributed by atoms with E-state index in [0.29, 0.717) is 6.42 Å². The first-order chi connectivity index (χ1) is 6.51. The summed E-state index contributed by atoms with van der Waals surface area (Å²) in [5, 5.41) is 0. The van der Waals surface area contributed by atoms with Gasteiger partial charge in [-0.1, -0.05) is 15.7 Å². The minimum Gasteiger partial charge on any atom is -0.778 e. The molecule has 0 aromatic carbocycles. The highest BCUT2D eigenvalue weighted by Crippen LogP contribution is 1.85. The molecule has 1 N–H and O–H groups in total. The highest BCUT2D eigenvalue weighted by Gasteiger charge is 2.14. The third-order valence-corrected chi connectivity index (χ3v) is 2.82. The summed E-state index contributed by atoms with van der Waals surface area (Å²) in [5.74, 6) is 3.22. The van der Waals surface area contributed by atoms with E-state index < -0.39 is 9.80 Å². The van der Waals surface area contributed by atoms with E-state index in [0.717, 1.165) is 11.4 Å². The minimum atomic E-state index is -3.07. The van der Waals surface area contributed by atoms with Crippen molar-refractivity contribution in [2.75, 3.05) is 12.3 Å². The van der Waals surface area contributed by atoms with E-state index >= 15 is 0 Å². The van der Waals surface area contributed by atoms with Gasteiger partial charge in [0.05, 0.1) is 6.54 Å². The van der Waals surface area contributed by atoms with Gasteiger partial charge in [-0.15, -0.1) is 4.58 Å². The van der Waals surface area contributed by atoms with Crippen LogP contribution in [0.25, 0.3) is 0 Å². The molecule has 0 bridgehead atoms. The predicted molar refractivity (Wildman–Crippen MR) is 57.0 cm³/mol. The lowest BCUT2D eigenvalue weighted by molar-refractivity contribution is -0.747. The van der Waals surface area contributed by atoms with Crippen molar-refractivity contribution in [3.63, 3.8) is 0 Å². The van der Waals surface area contributed by atoms with Crippen LogP contribution in [0.3, 0.4) is 0 Å². The van der Waals surface area contributed by atoms with Gasteiger partial charge in [0.2, 0.25) is 6.20 Å². The average molecular weight is 215 g/mol. The first-order valence-electron chi connectivity index (χ1n) is 4.36. The van der Waals surface area contributed by atoms with Gasteiger partial charge in [-0.25, -0.2) is 4.90 Å². The quantitative estimate of drug-likeness (QED) is 0.461. The van der Waals surface area contributed by atoms with Gasteiger partial charge in [-0.3, -0.25) is 4.21 Å². The van der Waals surface area contributed by atoms with Gasteiger partial charge in [0.1, 0.15) is 0 Å². The zero-order valence-corrected chi connectivity index (χ0v) is 8.83. The standard InChI is InChI=1S/C9H14N2O2S/c1-3-10-6-7-11(9-10)5-4-8-14(2,12)13/h3,6-7,9H,1-2,4-5,8H2/p+1. The van der Waals surface area contributed by atoms with E-state index in [1.54, 1.807) is 6.20 Å². The van der Waals surface area contributed by atoms with Crippen molar-refractivity contribution >= 4 is 22.0 Å². The van der Waals surface area contributed by atoms with Gasteiger partial charge in [-0.05, 0) is 6.58 Å². The Kier molecular flexibility index (Phi) is 3.62. The van der Waals surface area contributed by atoms with Crippen LogP contribution in [-0.2, 0) is 9.80 Å². The fourth-order valence-electron chi connectivity index (χ4n) is 1.22. The normalized spacial score (nSPS) is 24.4. The van der Waals surface area contributed by atoms with Gasteiger partial charge in [0.15, 0.2) is 12.4 Å². The first kappa shape index (κ1) is 11.2. The van der Waals surface area contributed by atoms with Gasteiger partial charge >= 0.3 is 6.34 Å². The van der Waals surface area contributed by atoms with Gasteiger partial charge in [-0.2, -0.15) is 0 Å². The second kappa shape index (κ2) is 4.54. The van der Waals surface area contributed by atoms with Crippen LogP contribution in [0.5, 0.6) is 0 Å². The summed E-state index contributed by atoms with van der Waals surface area (Å²) >= 11 is 0. The van der Waals surface area contributed by atoms with Crippen molar-refractivity contribution in [3.05, 3.63) is 25.2 Å². The average Bonchev–Trinajstić information content (AvgIpc) is 2.50. The van der Waals surface area contributed by atoms with Gasteiger partial charge in [0, 0.05) is 12.2 Å². The Morgan fingerprint density at radius 3 is 2.86 bits per heavy atom. The fraction of sp³-hybridized carbons (Fsp3) is 0.333. The molecule has 78 valence electrons. The molecule has 0 aromatic rings. The summed E-state index contributed by atoms with van der Waals surface area (Å²) < 4.78 is 23.3. The van der Waals surface area contributed by atoms with Crippen molar-refractivity contribution < 1.29 is 18.2 Å². The van der Waals surface area contributed by atoms with E-state index in [9.17, 15) is 8.76 Å². The lowest BCUT2D eigenvalue weighted by Crippen LogP contribution is -3.06. The predicted octanol–water partition coefficient (Wildman–Crippen LogP) is -1.22. The van der Waals surface area contributed by atoms with E-state index in [1.807, 2.05) is 23.3 Å². The maximum absolute atomic E-state index is 10.8. The van der Waals surface area contributed by atoms with Crippen LogP contribution in [0.1, 0.15) is 6.42 Å². The Hall–Kier alpha value is -0.910. The van der Waals surface area contributed by atoms with Crippen LogP contribution < -0.4 is 4.90 Å². The molecule has 0 aliphatic carbocycles. The van der Waals surface area contributed by atoms with Gasteiger partial charge in [0.25, 0.3) is 0 Å². The van der Waals surface area contributed by atoms with Crippen molar-refractivity contribution in [3.8, 4) is 0 Å². The third kappa shape index (κ3) is 3.87. The number of hydrogen-bond acceptors (Lipinski definition) is 2. The number of rotatable bonds is 5. The molecule has 2 atom stereocenters. The number of quaternary nitrogens is 1. The smallest absolute Gasteiger partial charge is 0.340 e. The Bertz CT molecular complexity index is 368. The van der Waals surface area contributed by atoms with Crippen LogP contribution in [-0.4, -0.2) is 37.8 Å². The zero-order chi connectivity index (χ0) is 10.6. The van der Waals surface area contributed by atoms with Crippen LogP contribution in [0.4, 0.5) is 0 Å². The van der Waals surface area contributed by atoms with Crippen molar-refractivity contribution in [2.24, 2.45) is 0 Å². The minimum absolute atomic E-state index is 0.145. The highest BCUT2D eigenvalue weighted by molar-refractivity contribution is 7.94. The zero-order valence-electron chi connectivity index (χ0n) is 8.02. The second-order valence-corrected chi connectivity index (χ2v) is 5.10. The first-order valence-corrected chi connectivity index (χ1v) is 6.18. The maximum Gasteiger partial charge on any atom is 0.340 e. The Morgan fingerprint density at radius 1 is 1.64 bits per heavy atom. The molecule has 0 fully saturated rings. The molecule has 14 heavy (non-hydrogen) atoms. The number of nitrogens with zero attached hydrogens (tertiary/aromatic N) is 1. The molecule has 4 nitrogen and oxygen atoms in total.